The molecule has 0 aromatic carbocycles. The highest BCUT2D eigenvalue weighted by Crippen LogP contribution is 2.37. The first-order valence-electron chi connectivity index (χ1n) is 6.74. The van der Waals surface area contributed by atoms with Gasteiger partial charge in [0.25, 0.3) is 0 Å². The minimum Gasteiger partial charge on any atom is -0.468 e. The van der Waals surface area contributed by atoms with Gasteiger partial charge in [0.2, 0.25) is 0 Å². The molecule has 1 aromatic rings. The zero-order chi connectivity index (χ0) is 15.6. The van der Waals surface area contributed by atoms with E-state index in [0.29, 0.717) is 35.4 Å². The topological polar surface area (TPSA) is 107 Å². The number of urea groups is 1. The van der Waals surface area contributed by atoms with Gasteiger partial charge < -0.3 is 14.9 Å². The summed E-state index contributed by atoms with van der Waals surface area (Å²) in [7, 11) is 0. The Labute approximate surface area is 122 Å². The number of esters is 1. The Hall–Kier alpha value is -2.31. The third-order valence-corrected chi connectivity index (χ3v) is 3.24. The van der Waals surface area contributed by atoms with Crippen molar-refractivity contribution in [3.05, 3.63) is 23.2 Å². The Bertz CT molecular complexity index is 601. The number of nitrogens with two attached hydrogens (primary N) is 1. The van der Waals surface area contributed by atoms with E-state index in [1.165, 1.54) is 6.26 Å². The van der Waals surface area contributed by atoms with Gasteiger partial charge in [-0.1, -0.05) is 13.8 Å². The summed E-state index contributed by atoms with van der Waals surface area (Å²) in [5.74, 6) is 0.202. The molecule has 7 heteroatoms. The lowest BCUT2D eigenvalue weighted by molar-refractivity contribution is 0.0525. The number of ether oxygens (including phenoxy) is 1. The van der Waals surface area contributed by atoms with Gasteiger partial charge in [-0.3, -0.25) is 0 Å². The third-order valence-electron chi connectivity index (χ3n) is 3.24. The van der Waals surface area contributed by atoms with Gasteiger partial charge in [-0.2, -0.15) is 5.10 Å². The first kappa shape index (κ1) is 15.1. The summed E-state index contributed by atoms with van der Waals surface area (Å²) in [6.45, 7) is 6.12. The lowest BCUT2D eigenvalue weighted by Gasteiger charge is -2.29. The monoisotopic (exact) mass is 293 g/mol. The molecule has 0 saturated carbocycles. The van der Waals surface area contributed by atoms with E-state index in [1.807, 2.05) is 0 Å². The summed E-state index contributed by atoms with van der Waals surface area (Å²) in [5.41, 5.74) is 8.66. The molecule has 0 aliphatic heterocycles. The highest BCUT2D eigenvalue weighted by Gasteiger charge is 2.36. The first-order chi connectivity index (χ1) is 9.84. The van der Waals surface area contributed by atoms with Crippen LogP contribution in [0.3, 0.4) is 0 Å². The number of hydrazone groups is 1. The molecule has 1 aliphatic carbocycles. The van der Waals surface area contributed by atoms with E-state index in [9.17, 15) is 9.59 Å². The number of fused-ring (bicyclic) bond motifs is 1. The number of hydrogen-bond acceptors (Lipinski definition) is 5. The van der Waals surface area contributed by atoms with Crippen molar-refractivity contribution in [1.82, 2.24) is 5.43 Å². The van der Waals surface area contributed by atoms with Crippen LogP contribution in [0.15, 0.2) is 15.8 Å². The Kier molecular flexibility index (Phi) is 4.02. The number of carbonyl (C=O) groups is 2. The summed E-state index contributed by atoms with van der Waals surface area (Å²) in [4.78, 5) is 22.8. The Balaban J connectivity index is 2.45. The summed E-state index contributed by atoms with van der Waals surface area (Å²) in [6, 6.07) is -0.756. The van der Waals surface area contributed by atoms with Crippen LogP contribution in [-0.2, 0) is 11.2 Å². The molecule has 0 fully saturated rings. The summed E-state index contributed by atoms with van der Waals surface area (Å²) in [5, 5.41) is 4.02. The second kappa shape index (κ2) is 5.59. The quantitative estimate of drug-likeness (QED) is 0.654. The Morgan fingerprint density at radius 3 is 2.81 bits per heavy atom. The summed E-state index contributed by atoms with van der Waals surface area (Å²) >= 11 is 0. The van der Waals surface area contributed by atoms with Crippen LogP contribution in [0.1, 0.15) is 48.9 Å². The van der Waals surface area contributed by atoms with Crippen molar-refractivity contribution in [1.29, 1.82) is 0 Å². The third kappa shape index (κ3) is 3.24. The number of primary amides is 1. The van der Waals surface area contributed by atoms with Crippen LogP contribution >= 0.6 is 0 Å². The molecule has 0 atom stereocenters. The molecule has 7 nitrogen and oxygen atoms in total. The van der Waals surface area contributed by atoms with Crippen molar-refractivity contribution >= 4 is 17.7 Å². The number of furan rings is 1. The fourth-order valence-electron chi connectivity index (χ4n) is 2.46. The average Bonchev–Trinajstić information content (AvgIpc) is 2.78. The second-order valence-electron chi connectivity index (χ2n) is 5.72. The zero-order valence-electron chi connectivity index (χ0n) is 12.4. The number of rotatable bonds is 3. The maximum atomic E-state index is 12.0. The van der Waals surface area contributed by atoms with Crippen LogP contribution < -0.4 is 11.2 Å². The normalized spacial score (nSPS) is 18.1. The lowest BCUT2D eigenvalue weighted by atomic mass is 9.75. The number of amides is 2. The largest absolute Gasteiger partial charge is 0.468 e. The van der Waals surface area contributed by atoms with E-state index in [-0.39, 0.29) is 12.0 Å². The lowest BCUT2D eigenvalue weighted by Crippen LogP contribution is -2.32. The van der Waals surface area contributed by atoms with Gasteiger partial charge in [0, 0.05) is 6.42 Å². The van der Waals surface area contributed by atoms with Crippen LogP contribution in [0.2, 0.25) is 0 Å². The molecule has 1 heterocycles. The van der Waals surface area contributed by atoms with Crippen LogP contribution in [0.5, 0.6) is 0 Å². The smallest absolute Gasteiger partial charge is 0.342 e. The maximum absolute atomic E-state index is 12.0. The predicted octanol–water partition coefficient (Wildman–Crippen LogP) is 1.80. The summed E-state index contributed by atoms with van der Waals surface area (Å²) in [6.07, 6.45) is 2.65. The number of nitrogens with one attached hydrogen (secondary N) is 1. The van der Waals surface area contributed by atoms with Crippen LogP contribution in [-0.4, -0.2) is 24.3 Å². The van der Waals surface area contributed by atoms with Gasteiger partial charge in [-0.05, 0) is 18.8 Å². The Morgan fingerprint density at radius 1 is 1.48 bits per heavy atom. The van der Waals surface area contributed by atoms with Crippen molar-refractivity contribution in [2.24, 2.45) is 16.3 Å². The standard InChI is InChI=1S/C14H19N3O4/c1-4-20-12(18)8-7-21-10-6-14(2,3)5-9(11(8)10)16-17-13(15)19/h7H,4-6H2,1-3H3,(H3,15,17,19)/b16-9+. The molecule has 1 aliphatic rings. The van der Waals surface area contributed by atoms with Crippen LogP contribution in [0.4, 0.5) is 4.79 Å². The van der Waals surface area contributed by atoms with Crippen LogP contribution in [0.25, 0.3) is 0 Å². The highest BCUT2D eigenvalue weighted by atomic mass is 16.5. The van der Waals surface area contributed by atoms with Crippen molar-refractivity contribution in [3.8, 4) is 0 Å². The van der Waals surface area contributed by atoms with E-state index >= 15 is 0 Å². The van der Waals surface area contributed by atoms with E-state index < -0.39 is 12.0 Å². The van der Waals surface area contributed by atoms with Crippen molar-refractivity contribution in [2.75, 3.05) is 6.61 Å². The first-order valence-corrected chi connectivity index (χ1v) is 6.74. The van der Waals surface area contributed by atoms with Gasteiger partial charge in [-0.15, -0.1) is 0 Å². The van der Waals surface area contributed by atoms with Gasteiger partial charge in [-0.25, -0.2) is 15.0 Å². The minimum atomic E-state index is -0.756. The highest BCUT2D eigenvalue weighted by molar-refractivity contribution is 6.10. The van der Waals surface area contributed by atoms with E-state index in [4.69, 9.17) is 14.9 Å². The molecule has 0 spiro atoms. The molecular formula is C14H19N3O4. The zero-order valence-corrected chi connectivity index (χ0v) is 12.4. The number of carbonyl (C=O) groups excluding carboxylic acids is 2. The van der Waals surface area contributed by atoms with Gasteiger partial charge in [0.15, 0.2) is 0 Å². The molecular weight excluding hydrogens is 274 g/mol. The Morgan fingerprint density at radius 2 is 2.19 bits per heavy atom. The van der Waals surface area contributed by atoms with Gasteiger partial charge >= 0.3 is 12.0 Å². The molecule has 0 saturated heterocycles. The van der Waals surface area contributed by atoms with Crippen molar-refractivity contribution in [2.45, 2.75) is 33.6 Å². The predicted molar refractivity (Wildman–Crippen MR) is 76.0 cm³/mol. The molecule has 2 amide bonds. The van der Waals surface area contributed by atoms with E-state index in [1.54, 1.807) is 6.92 Å². The second-order valence-corrected chi connectivity index (χ2v) is 5.72. The number of hydrogen-bond donors (Lipinski definition) is 2. The fourth-order valence-corrected chi connectivity index (χ4v) is 2.46. The van der Waals surface area contributed by atoms with E-state index in [2.05, 4.69) is 24.4 Å². The molecule has 0 radical (unpaired) electrons. The molecule has 21 heavy (non-hydrogen) atoms. The summed E-state index contributed by atoms with van der Waals surface area (Å²) < 4.78 is 10.5. The average molecular weight is 293 g/mol. The molecule has 3 N–H and O–H groups in total. The van der Waals surface area contributed by atoms with Crippen molar-refractivity contribution in [3.63, 3.8) is 0 Å². The van der Waals surface area contributed by atoms with Gasteiger partial charge in [0.05, 0.1) is 17.9 Å². The van der Waals surface area contributed by atoms with Gasteiger partial charge in [0.1, 0.15) is 17.6 Å². The SMILES string of the molecule is CCOC(=O)c1coc2c1/C(=N/NC(N)=O)CC(C)(C)C2. The maximum Gasteiger partial charge on any atom is 0.342 e. The molecule has 114 valence electrons. The minimum absolute atomic E-state index is 0.0883. The van der Waals surface area contributed by atoms with E-state index in [0.717, 1.165) is 0 Å². The molecule has 2 rings (SSSR count). The molecule has 0 unspecified atom stereocenters. The van der Waals surface area contributed by atoms with Crippen LogP contribution in [0, 0.1) is 5.41 Å². The molecule has 1 aromatic heterocycles. The molecule has 0 bridgehead atoms. The fraction of sp³-hybridized carbons (Fsp3) is 0.500. The number of nitrogens with zero attached hydrogens (tertiary/aromatic N) is 1. The van der Waals surface area contributed by atoms with Crippen molar-refractivity contribution < 1.29 is 18.7 Å².